The van der Waals surface area contributed by atoms with Crippen molar-refractivity contribution in [1.29, 1.82) is 0 Å². The third-order valence-electron chi connectivity index (χ3n) is 2.84. The minimum atomic E-state index is -3.84. The van der Waals surface area contributed by atoms with E-state index in [0.29, 0.717) is 18.8 Å². The van der Waals surface area contributed by atoms with E-state index in [1.54, 1.807) is 11.8 Å². The van der Waals surface area contributed by atoms with Crippen LogP contribution in [-0.2, 0) is 10.0 Å². The van der Waals surface area contributed by atoms with Gasteiger partial charge in [0, 0.05) is 29.8 Å². The molecule has 1 saturated heterocycles. The molecule has 0 saturated carbocycles. The molecule has 19 heavy (non-hydrogen) atoms. The number of nitrogen functional groups attached to an aromatic ring is 1. The Bertz CT molecular complexity index is 595. The first-order valence-electron chi connectivity index (χ1n) is 5.68. The van der Waals surface area contributed by atoms with Crippen LogP contribution in [0.25, 0.3) is 0 Å². The quantitative estimate of drug-likeness (QED) is 0.813. The summed E-state index contributed by atoms with van der Waals surface area (Å²) in [4.78, 5) is -0.363. The highest BCUT2D eigenvalue weighted by atomic mass is 79.9. The lowest BCUT2D eigenvalue weighted by molar-refractivity contribution is 0.420. The Morgan fingerprint density at radius 1 is 1.53 bits per heavy atom. The summed E-state index contributed by atoms with van der Waals surface area (Å²) in [5.74, 6) is -0.0778. The topological polar surface area (TPSA) is 63.4 Å². The first-order chi connectivity index (χ1) is 8.82. The Labute approximate surface area is 124 Å². The molecule has 106 valence electrons. The Balaban J connectivity index is 2.45. The lowest BCUT2D eigenvalue weighted by Crippen LogP contribution is -2.41. The average molecular weight is 369 g/mol. The van der Waals surface area contributed by atoms with Crippen molar-refractivity contribution >= 4 is 43.4 Å². The van der Waals surface area contributed by atoms with E-state index in [1.165, 1.54) is 16.4 Å². The van der Waals surface area contributed by atoms with Crippen molar-refractivity contribution < 1.29 is 12.8 Å². The highest BCUT2D eigenvalue weighted by molar-refractivity contribution is 9.10. The minimum absolute atomic E-state index is 0.0607. The highest BCUT2D eigenvalue weighted by Crippen LogP contribution is 2.30. The summed E-state index contributed by atoms with van der Waals surface area (Å²) in [7, 11) is -3.84. The van der Waals surface area contributed by atoms with E-state index >= 15 is 0 Å². The molecule has 1 unspecified atom stereocenters. The van der Waals surface area contributed by atoms with Crippen LogP contribution in [0.4, 0.5) is 10.1 Å². The molecule has 0 spiro atoms. The van der Waals surface area contributed by atoms with Crippen LogP contribution in [0.1, 0.15) is 6.92 Å². The molecule has 1 heterocycles. The van der Waals surface area contributed by atoms with E-state index in [0.717, 1.165) is 0 Å². The van der Waals surface area contributed by atoms with Crippen LogP contribution in [-0.4, -0.2) is 36.8 Å². The maximum Gasteiger partial charge on any atom is 0.246 e. The number of rotatable bonds is 2. The van der Waals surface area contributed by atoms with Gasteiger partial charge in [-0.05, 0) is 28.1 Å². The molecule has 1 aromatic rings. The van der Waals surface area contributed by atoms with Gasteiger partial charge >= 0.3 is 0 Å². The minimum Gasteiger partial charge on any atom is -0.399 e. The summed E-state index contributed by atoms with van der Waals surface area (Å²) in [5.41, 5.74) is 5.81. The van der Waals surface area contributed by atoms with Crippen molar-refractivity contribution in [2.24, 2.45) is 0 Å². The monoisotopic (exact) mass is 368 g/mol. The van der Waals surface area contributed by atoms with Gasteiger partial charge in [-0.3, -0.25) is 0 Å². The van der Waals surface area contributed by atoms with Crippen molar-refractivity contribution in [2.45, 2.75) is 17.1 Å². The van der Waals surface area contributed by atoms with Gasteiger partial charge in [-0.15, -0.1) is 0 Å². The highest BCUT2D eigenvalue weighted by Gasteiger charge is 2.32. The number of anilines is 1. The number of nitrogens with two attached hydrogens (primary N) is 1. The second-order valence-corrected chi connectivity index (χ2v) is 8.67. The van der Waals surface area contributed by atoms with E-state index in [9.17, 15) is 12.8 Å². The van der Waals surface area contributed by atoms with Gasteiger partial charge < -0.3 is 5.73 Å². The van der Waals surface area contributed by atoms with Crippen LogP contribution in [0.3, 0.4) is 0 Å². The van der Waals surface area contributed by atoms with Gasteiger partial charge in [0.2, 0.25) is 10.0 Å². The Morgan fingerprint density at radius 3 is 2.84 bits per heavy atom. The Hall–Kier alpha value is -0.310. The average Bonchev–Trinajstić information content (AvgIpc) is 2.33. The molecule has 0 aromatic heterocycles. The molecule has 1 fully saturated rings. The number of hydrogen-bond acceptors (Lipinski definition) is 4. The van der Waals surface area contributed by atoms with E-state index in [1.807, 2.05) is 6.92 Å². The van der Waals surface area contributed by atoms with Crippen molar-refractivity contribution in [3.8, 4) is 0 Å². The van der Waals surface area contributed by atoms with Gasteiger partial charge in [-0.25, -0.2) is 12.8 Å². The van der Waals surface area contributed by atoms with E-state index in [4.69, 9.17) is 5.73 Å². The van der Waals surface area contributed by atoms with Gasteiger partial charge in [-0.2, -0.15) is 16.1 Å². The number of hydrogen-bond donors (Lipinski definition) is 1. The van der Waals surface area contributed by atoms with Crippen LogP contribution < -0.4 is 5.73 Å². The molecular weight excluding hydrogens is 355 g/mol. The van der Waals surface area contributed by atoms with Gasteiger partial charge in [0.1, 0.15) is 4.90 Å². The molecule has 1 aliphatic heterocycles. The molecule has 2 rings (SSSR count). The van der Waals surface area contributed by atoms with E-state index in [2.05, 4.69) is 15.9 Å². The molecule has 0 aliphatic carbocycles. The van der Waals surface area contributed by atoms with Crippen LogP contribution in [0.2, 0.25) is 0 Å². The maximum atomic E-state index is 14.0. The third-order valence-corrected chi connectivity index (χ3v) is 6.42. The standard InChI is InChI=1S/C11H14BrFN2O2S2/c1-7-6-15(2-3-18-7)19(16,17)10-5-8(14)4-9(12)11(10)13/h4-5,7H,2-3,6,14H2,1H3. The maximum absolute atomic E-state index is 14.0. The zero-order valence-electron chi connectivity index (χ0n) is 10.3. The fourth-order valence-corrected chi connectivity index (χ4v) is 5.40. The zero-order valence-corrected chi connectivity index (χ0v) is 13.5. The van der Waals surface area contributed by atoms with E-state index in [-0.39, 0.29) is 20.3 Å². The molecule has 0 radical (unpaired) electrons. The lowest BCUT2D eigenvalue weighted by atomic mass is 10.3. The van der Waals surface area contributed by atoms with Gasteiger partial charge in [0.25, 0.3) is 0 Å². The van der Waals surface area contributed by atoms with E-state index < -0.39 is 15.8 Å². The number of sulfonamides is 1. The van der Waals surface area contributed by atoms with Crippen molar-refractivity contribution in [1.82, 2.24) is 4.31 Å². The predicted octanol–water partition coefficient (Wildman–Crippen LogP) is 2.30. The molecule has 1 aliphatic rings. The largest absolute Gasteiger partial charge is 0.399 e. The Morgan fingerprint density at radius 2 is 2.21 bits per heavy atom. The second-order valence-electron chi connectivity index (χ2n) is 4.36. The molecule has 0 amide bonds. The summed E-state index contributed by atoms with van der Waals surface area (Å²) >= 11 is 4.69. The number of thioether (sulfide) groups is 1. The van der Waals surface area contributed by atoms with Gasteiger partial charge in [-0.1, -0.05) is 6.92 Å². The third kappa shape index (κ3) is 3.07. The van der Waals surface area contributed by atoms with Crippen molar-refractivity contribution in [3.05, 3.63) is 22.4 Å². The van der Waals surface area contributed by atoms with Gasteiger partial charge in [0.05, 0.1) is 4.47 Å². The Kier molecular flexibility index (Phi) is 4.44. The number of halogens is 2. The summed E-state index contributed by atoms with van der Waals surface area (Å²) in [6.45, 7) is 2.74. The molecule has 1 atom stereocenters. The van der Waals surface area contributed by atoms with Crippen LogP contribution in [0, 0.1) is 5.82 Å². The van der Waals surface area contributed by atoms with Crippen LogP contribution in [0.15, 0.2) is 21.5 Å². The first-order valence-corrected chi connectivity index (χ1v) is 8.97. The zero-order chi connectivity index (χ0) is 14.2. The molecule has 0 bridgehead atoms. The van der Waals surface area contributed by atoms with Crippen LogP contribution >= 0.6 is 27.7 Å². The van der Waals surface area contributed by atoms with Crippen LogP contribution in [0.5, 0.6) is 0 Å². The summed E-state index contributed by atoms with van der Waals surface area (Å²) < 4.78 is 40.3. The lowest BCUT2D eigenvalue weighted by Gasteiger charge is -2.29. The van der Waals surface area contributed by atoms with Crippen molar-refractivity contribution in [3.63, 3.8) is 0 Å². The summed E-state index contributed by atoms with van der Waals surface area (Å²) in [5, 5.41) is 0.205. The SMILES string of the molecule is CC1CN(S(=O)(=O)c2cc(N)cc(Br)c2F)CCS1. The second kappa shape index (κ2) is 5.59. The number of nitrogens with zero attached hydrogens (tertiary/aromatic N) is 1. The van der Waals surface area contributed by atoms with Crippen molar-refractivity contribution in [2.75, 3.05) is 24.6 Å². The van der Waals surface area contributed by atoms with Gasteiger partial charge in [0.15, 0.2) is 5.82 Å². The number of benzene rings is 1. The fraction of sp³-hybridized carbons (Fsp3) is 0.455. The first kappa shape index (κ1) is 15.1. The fourth-order valence-electron chi connectivity index (χ4n) is 1.92. The molecule has 2 N–H and O–H groups in total. The molecule has 1 aromatic carbocycles. The summed E-state index contributed by atoms with van der Waals surface area (Å²) in [6.07, 6.45) is 0. The smallest absolute Gasteiger partial charge is 0.246 e. The normalized spacial score (nSPS) is 21.5. The molecule has 8 heteroatoms. The molecular formula is C11H14BrFN2O2S2. The summed E-state index contributed by atoms with van der Waals surface area (Å²) in [6, 6.07) is 2.52. The predicted molar refractivity (Wildman–Crippen MR) is 79.2 cm³/mol. The molecule has 4 nitrogen and oxygen atoms in total.